The molecular formula is C21H21N3O3S. The highest BCUT2D eigenvalue weighted by Gasteiger charge is 2.12. The number of thioether (sulfide) groups is 1. The Balaban J connectivity index is 1.21. The Bertz CT molecular complexity index is 943. The summed E-state index contributed by atoms with van der Waals surface area (Å²) < 4.78 is 12.9. The number of rotatable bonds is 7. The van der Waals surface area contributed by atoms with Crippen molar-refractivity contribution in [1.82, 2.24) is 15.1 Å². The molecule has 1 N–H and O–H groups in total. The van der Waals surface area contributed by atoms with Gasteiger partial charge in [0.15, 0.2) is 11.5 Å². The highest BCUT2D eigenvalue weighted by molar-refractivity contribution is 8.00. The summed E-state index contributed by atoms with van der Waals surface area (Å²) in [7, 11) is 0. The number of hydrogen-bond donors (Lipinski definition) is 1. The molecule has 2 aromatic carbocycles. The minimum Gasteiger partial charge on any atom is -0.486 e. The van der Waals surface area contributed by atoms with Crippen LogP contribution in [0.5, 0.6) is 11.5 Å². The Morgan fingerprint density at radius 3 is 2.75 bits per heavy atom. The van der Waals surface area contributed by atoms with Gasteiger partial charge >= 0.3 is 0 Å². The maximum absolute atomic E-state index is 12.1. The van der Waals surface area contributed by atoms with Crippen molar-refractivity contribution in [3.8, 4) is 17.2 Å². The highest BCUT2D eigenvalue weighted by atomic mass is 32.2. The summed E-state index contributed by atoms with van der Waals surface area (Å²) in [6.07, 6.45) is 2.63. The molecule has 1 aromatic heterocycles. The Morgan fingerprint density at radius 1 is 1.07 bits per heavy atom. The molecule has 1 amide bonds. The van der Waals surface area contributed by atoms with Crippen LogP contribution in [0.2, 0.25) is 0 Å². The van der Waals surface area contributed by atoms with Crippen LogP contribution in [-0.4, -0.2) is 41.2 Å². The lowest BCUT2D eigenvalue weighted by atomic mass is 10.3. The fraction of sp³-hybridized carbons (Fsp3) is 0.238. The molecule has 0 aliphatic carbocycles. The lowest BCUT2D eigenvalue weighted by Gasteiger charge is -2.18. The predicted molar refractivity (Wildman–Crippen MR) is 108 cm³/mol. The third-order valence-electron chi connectivity index (χ3n) is 4.25. The third kappa shape index (κ3) is 4.67. The van der Waals surface area contributed by atoms with Gasteiger partial charge in [0.2, 0.25) is 5.91 Å². The molecule has 1 aliphatic rings. The van der Waals surface area contributed by atoms with Crippen LogP contribution in [0.15, 0.2) is 65.7 Å². The molecule has 6 nitrogen and oxygen atoms in total. The molecule has 7 heteroatoms. The van der Waals surface area contributed by atoms with Gasteiger partial charge in [0.05, 0.1) is 17.1 Å². The van der Waals surface area contributed by atoms with Crippen molar-refractivity contribution in [2.45, 2.75) is 11.3 Å². The van der Waals surface area contributed by atoms with Gasteiger partial charge in [-0.25, -0.2) is 4.68 Å². The zero-order valence-corrected chi connectivity index (χ0v) is 16.2. The maximum atomic E-state index is 12.1. The largest absolute Gasteiger partial charge is 0.486 e. The fourth-order valence-corrected chi connectivity index (χ4v) is 3.62. The molecular weight excluding hydrogens is 374 g/mol. The number of carbonyl (C=O) groups excluding carboxylic acids is 1. The van der Waals surface area contributed by atoms with E-state index in [9.17, 15) is 4.79 Å². The van der Waals surface area contributed by atoms with Crippen LogP contribution in [0.1, 0.15) is 5.69 Å². The molecule has 0 saturated carbocycles. The minimum absolute atomic E-state index is 0.00220. The molecule has 0 unspecified atom stereocenters. The average molecular weight is 395 g/mol. The van der Waals surface area contributed by atoms with E-state index in [2.05, 4.69) is 10.4 Å². The summed E-state index contributed by atoms with van der Waals surface area (Å²) in [5.41, 5.74) is 1.97. The summed E-state index contributed by atoms with van der Waals surface area (Å²) in [6.45, 7) is 1.69. The van der Waals surface area contributed by atoms with E-state index < -0.39 is 0 Å². The normalized spacial score (nSPS) is 12.6. The van der Waals surface area contributed by atoms with E-state index in [1.54, 1.807) is 0 Å². The third-order valence-corrected chi connectivity index (χ3v) is 5.25. The van der Waals surface area contributed by atoms with E-state index in [0.717, 1.165) is 27.8 Å². The smallest absolute Gasteiger partial charge is 0.230 e. The highest BCUT2D eigenvalue weighted by Crippen LogP contribution is 2.34. The lowest BCUT2D eigenvalue weighted by molar-refractivity contribution is -0.118. The maximum Gasteiger partial charge on any atom is 0.230 e. The average Bonchev–Trinajstić information content (AvgIpc) is 3.22. The second-order valence-electron chi connectivity index (χ2n) is 6.28. The number of hydrogen-bond acceptors (Lipinski definition) is 5. The summed E-state index contributed by atoms with van der Waals surface area (Å²) in [5, 5.41) is 7.49. The number of benzene rings is 2. The first kappa shape index (κ1) is 18.4. The number of amides is 1. The van der Waals surface area contributed by atoms with Crippen molar-refractivity contribution < 1.29 is 14.3 Å². The van der Waals surface area contributed by atoms with Crippen LogP contribution >= 0.6 is 11.8 Å². The standard InChI is InChI=1S/C21H21N3O3S/c25-21(15-28-18-6-7-19-20(14-18)27-13-12-26-19)22-10-8-16-9-11-24(23-16)17-4-2-1-3-5-17/h1-7,9,11,14H,8,10,12-13,15H2,(H,22,25). The van der Waals surface area contributed by atoms with Crippen LogP contribution in [0.3, 0.4) is 0 Å². The first-order valence-electron chi connectivity index (χ1n) is 9.17. The number of fused-ring (bicyclic) bond motifs is 1. The lowest BCUT2D eigenvalue weighted by Crippen LogP contribution is -2.27. The van der Waals surface area contributed by atoms with E-state index in [0.29, 0.717) is 31.9 Å². The van der Waals surface area contributed by atoms with Gasteiger partial charge in [0.1, 0.15) is 13.2 Å². The van der Waals surface area contributed by atoms with Crippen molar-refractivity contribution in [2.24, 2.45) is 0 Å². The van der Waals surface area contributed by atoms with E-state index >= 15 is 0 Å². The summed E-state index contributed by atoms with van der Waals surface area (Å²) >= 11 is 1.48. The molecule has 0 saturated heterocycles. The number of para-hydroxylation sites is 1. The molecule has 1 aliphatic heterocycles. The van der Waals surface area contributed by atoms with Crippen molar-refractivity contribution >= 4 is 17.7 Å². The fourth-order valence-electron chi connectivity index (χ4n) is 2.86. The molecule has 0 radical (unpaired) electrons. The van der Waals surface area contributed by atoms with Gasteiger partial charge in [0, 0.05) is 24.1 Å². The number of carbonyl (C=O) groups is 1. The van der Waals surface area contributed by atoms with E-state index in [1.165, 1.54) is 11.8 Å². The molecule has 2 heterocycles. The Morgan fingerprint density at radius 2 is 1.89 bits per heavy atom. The molecule has 4 rings (SSSR count). The van der Waals surface area contributed by atoms with Crippen molar-refractivity contribution in [3.05, 3.63) is 66.5 Å². The van der Waals surface area contributed by atoms with Crippen molar-refractivity contribution in [2.75, 3.05) is 25.5 Å². The number of nitrogens with zero attached hydrogens (tertiary/aromatic N) is 2. The quantitative estimate of drug-likeness (QED) is 0.623. The van der Waals surface area contributed by atoms with Crippen LogP contribution in [0.4, 0.5) is 0 Å². The molecule has 3 aromatic rings. The van der Waals surface area contributed by atoms with Gasteiger partial charge < -0.3 is 14.8 Å². The van der Waals surface area contributed by atoms with Gasteiger partial charge in [-0.3, -0.25) is 4.79 Å². The first-order chi connectivity index (χ1) is 13.8. The molecule has 28 heavy (non-hydrogen) atoms. The Kier molecular flexibility index (Phi) is 5.82. The Labute approximate surface area is 167 Å². The molecule has 144 valence electrons. The Hall–Kier alpha value is -2.93. The molecule has 0 atom stereocenters. The number of ether oxygens (including phenoxy) is 2. The van der Waals surface area contributed by atoms with Gasteiger partial charge in [-0.2, -0.15) is 5.10 Å². The first-order valence-corrected chi connectivity index (χ1v) is 10.2. The summed E-state index contributed by atoms with van der Waals surface area (Å²) in [4.78, 5) is 13.1. The van der Waals surface area contributed by atoms with E-state index in [-0.39, 0.29) is 5.91 Å². The molecule has 0 fully saturated rings. The minimum atomic E-state index is 0.00220. The van der Waals surface area contributed by atoms with E-state index in [4.69, 9.17) is 9.47 Å². The molecule has 0 spiro atoms. The zero-order chi connectivity index (χ0) is 19.2. The van der Waals surface area contributed by atoms with Crippen LogP contribution in [0.25, 0.3) is 5.69 Å². The van der Waals surface area contributed by atoms with Gasteiger partial charge in [-0.05, 0) is 36.4 Å². The monoisotopic (exact) mass is 395 g/mol. The summed E-state index contributed by atoms with van der Waals surface area (Å²) in [6, 6.07) is 17.7. The van der Waals surface area contributed by atoms with E-state index in [1.807, 2.05) is 65.5 Å². The zero-order valence-electron chi connectivity index (χ0n) is 15.3. The van der Waals surface area contributed by atoms with Gasteiger partial charge in [0.25, 0.3) is 0 Å². The predicted octanol–water partition coefficient (Wildman–Crippen LogP) is 3.09. The van der Waals surface area contributed by atoms with Crippen molar-refractivity contribution in [1.29, 1.82) is 0 Å². The second kappa shape index (κ2) is 8.84. The summed E-state index contributed by atoms with van der Waals surface area (Å²) in [5.74, 6) is 1.86. The van der Waals surface area contributed by atoms with Crippen LogP contribution in [-0.2, 0) is 11.2 Å². The SMILES string of the molecule is O=C(CSc1ccc2c(c1)OCCO2)NCCc1ccn(-c2ccccc2)n1. The second-order valence-corrected chi connectivity index (χ2v) is 7.33. The molecule has 0 bridgehead atoms. The number of aromatic nitrogens is 2. The van der Waals surface area contributed by atoms with Crippen molar-refractivity contribution in [3.63, 3.8) is 0 Å². The van der Waals surface area contributed by atoms with Gasteiger partial charge in [-0.1, -0.05) is 18.2 Å². The van der Waals surface area contributed by atoms with Crippen LogP contribution < -0.4 is 14.8 Å². The van der Waals surface area contributed by atoms with Crippen LogP contribution in [0, 0.1) is 0 Å². The topological polar surface area (TPSA) is 65.4 Å². The van der Waals surface area contributed by atoms with Gasteiger partial charge in [-0.15, -0.1) is 11.8 Å². The number of nitrogens with one attached hydrogen (secondary N) is 1.